The number of benzene rings is 1. The molecular formula is C15H21NO. The highest BCUT2D eigenvalue weighted by molar-refractivity contribution is 5.38. The lowest BCUT2D eigenvalue weighted by molar-refractivity contribution is 0.264. The van der Waals surface area contributed by atoms with Crippen LogP contribution in [0.5, 0.6) is 5.75 Å². The van der Waals surface area contributed by atoms with E-state index in [0.29, 0.717) is 5.92 Å². The van der Waals surface area contributed by atoms with E-state index in [1.165, 1.54) is 5.56 Å². The average molecular weight is 231 g/mol. The Bertz CT molecular complexity index is 427. The van der Waals surface area contributed by atoms with Gasteiger partial charge in [0.2, 0.25) is 0 Å². The van der Waals surface area contributed by atoms with Gasteiger partial charge < -0.3 is 9.64 Å². The number of methoxy groups -OCH3 is 1. The Morgan fingerprint density at radius 1 is 1.41 bits per heavy atom. The molecule has 0 fully saturated rings. The van der Waals surface area contributed by atoms with E-state index in [0.717, 1.165) is 12.3 Å². The van der Waals surface area contributed by atoms with Crippen molar-refractivity contribution in [1.29, 1.82) is 0 Å². The molecule has 0 saturated heterocycles. The highest BCUT2D eigenvalue weighted by Gasteiger charge is 2.33. The van der Waals surface area contributed by atoms with Gasteiger partial charge in [-0.05, 0) is 29.8 Å². The van der Waals surface area contributed by atoms with E-state index in [9.17, 15) is 0 Å². The molecule has 1 aliphatic rings. The van der Waals surface area contributed by atoms with Crippen LogP contribution >= 0.6 is 0 Å². The Kier molecular flexibility index (Phi) is 3.14. The van der Waals surface area contributed by atoms with Crippen molar-refractivity contribution in [3.8, 4) is 5.75 Å². The van der Waals surface area contributed by atoms with E-state index in [2.05, 4.69) is 56.3 Å². The summed E-state index contributed by atoms with van der Waals surface area (Å²) in [4.78, 5) is 2.24. The summed E-state index contributed by atoms with van der Waals surface area (Å²) >= 11 is 0. The van der Waals surface area contributed by atoms with Crippen molar-refractivity contribution in [3.05, 3.63) is 42.1 Å². The van der Waals surface area contributed by atoms with Gasteiger partial charge in [0.05, 0.1) is 7.11 Å². The van der Waals surface area contributed by atoms with Gasteiger partial charge in [-0.15, -0.1) is 0 Å². The van der Waals surface area contributed by atoms with Crippen molar-refractivity contribution in [1.82, 2.24) is 4.90 Å². The van der Waals surface area contributed by atoms with Crippen LogP contribution in [0.25, 0.3) is 0 Å². The molecule has 92 valence electrons. The first-order chi connectivity index (χ1) is 8.06. The van der Waals surface area contributed by atoms with Gasteiger partial charge in [-0.1, -0.05) is 32.1 Å². The third-order valence-electron chi connectivity index (χ3n) is 3.95. The van der Waals surface area contributed by atoms with E-state index in [-0.39, 0.29) is 5.41 Å². The van der Waals surface area contributed by atoms with Gasteiger partial charge in [0.1, 0.15) is 5.75 Å². The van der Waals surface area contributed by atoms with Crippen LogP contribution in [0, 0.1) is 5.92 Å². The Labute approximate surface area is 104 Å². The third-order valence-corrected chi connectivity index (χ3v) is 3.95. The molecular weight excluding hydrogens is 210 g/mol. The standard InChI is InChI=1S/C15H21NO/c1-12-11-16(3)9-8-15(12,2)13-6-5-7-14(10-13)17-4/h5-10,12H,11H2,1-4H3. The van der Waals surface area contributed by atoms with Crippen LogP contribution in [0.2, 0.25) is 0 Å². The maximum Gasteiger partial charge on any atom is 0.119 e. The summed E-state index contributed by atoms with van der Waals surface area (Å²) in [6.45, 7) is 5.69. The summed E-state index contributed by atoms with van der Waals surface area (Å²) < 4.78 is 5.31. The molecule has 0 N–H and O–H groups in total. The normalized spacial score (nSPS) is 28.2. The summed E-state index contributed by atoms with van der Waals surface area (Å²) in [6.07, 6.45) is 4.48. The molecule has 17 heavy (non-hydrogen) atoms. The fourth-order valence-electron chi connectivity index (χ4n) is 2.47. The first-order valence-corrected chi connectivity index (χ1v) is 6.10. The topological polar surface area (TPSA) is 12.5 Å². The smallest absolute Gasteiger partial charge is 0.119 e. The van der Waals surface area contributed by atoms with E-state index in [1.807, 2.05) is 6.07 Å². The Balaban J connectivity index is 2.40. The molecule has 0 spiro atoms. The van der Waals surface area contributed by atoms with Crippen LogP contribution in [-0.2, 0) is 5.41 Å². The maximum absolute atomic E-state index is 5.31. The van der Waals surface area contributed by atoms with Crippen LogP contribution in [0.1, 0.15) is 19.4 Å². The molecule has 0 saturated carbocycles. The highest BCUT2D eigenvalue weighted by atomic mass is 16.5. The first-order valence-electron chi connectivity index (χ1n) is 6.10. The zero-order valence-electron chi connectivity index (χ0n) is 11.1. The van der Waals surface area contributed by atoms with E-state index in [4.69, 9.17) is 4.74 Å². The number of hydrogen-bond donors (Lipinski definition) is 0. The fourth-order valence-corrected chi connectivity index (χ4v) is 2.47. The molecule has 2 nitrogen and oxygen atoms in total. The van der Waals surface area contributed by atoms with Crippen molar-refractivity contribution in [2.24, 2.45) is 5.92 Å². The SMILES string of the molecule is COc1cccc(C2(C)C=CN(C)CC2C)c1. The quantitative estimate of drug-likeness (QED) is 0.775. The summed E-state index contributed by atoms with van der Waals surface area (Å²) in [5, 5.41) is 0. The second-order valence-electron chi connectivity index (χ2n) is 5.17. The Morgan fingerprint density at radius 3 is 2.82 bits per heavy atom. The second-order valence-corrected chi connectivity index (χ2v) is 5.17. The lowest BCUT2D eigenvalue weighted by Crippen LogP contribution is -2.39. The second kappa shape index (κ2) is 4.44. The summed E-state index contributed by atoms with van der Waals surface area (Å²) in [5.74, 6) is 1.52. The van der Waals surface area contributed by atoms with Gasteiger partial charge in [-0.2, -0.15) is 0 Å². The Morgan fingerprint density at radius 2 is 2.18 bits per heavy atom. The minimum atomic E-state index is 0.0983. The predicted octanol–water partition coefficient (Wildman–Crippen LogP) is 3.05. The molecule has 2 rings (SSSR count). The average Bonchev–Trinajstić information content (AvgIpc) is 2.34. The van der Waals surface area contributed by atoms with Gasteiger partial charge in [0, 0.05) is 19.0 Å². The molecule has 0 bridgehead atoms. The van der Waals surface area contributed by atoms with Crippen molar-refractivity contribution >= 4 is 0 Å². The van der Waals surface area contributed by atoms with Crippen LogP contribution in [0.3, 0.4) is 0 Å². The molecule has 1 aliphatic heterocycles. The highest BCUT2D eigenvalue weighted by Crippen LogP contribution is 2.37. The molecule has 0 aliphatic carbocycles. The van der Waals surface area contributed by atoms with Crippen LogP contribution in [0.15, 0.2) is 36.5 Å². The molecule has 1 heterocycles. The summed E-state index contributed by atoms with van der Waals surface area (Å²) in [5.41, 5.74) is 1.43. The van der Waals surface area contributed by atoms with Crippen molar-refractivity contribution < 1.29 is 4.74 Å². The molecule has 0 aromatic heterocycles. The lowest BCUT2D eigenvalue weighted by atomic mass is 9.71. The van der Waals surface area contributed by atoms with E-state index in [1.54, 1.807) is 7.11 Å². The monoisotopic (exact) mass is 231 g/mol. The zero-order valence-corrected chi connectivity index (χ0v) is 11.1. The van der Waals surface area contributed by atoms with Gasteiger partial charge in [0.15, 0.2) is 0 Å². The Hall–Kier alpha value is -1.44. The number of nitrogens with zero attached hydrogens (tertiary/aromatic N) is 1. The maximum atomic E-state index is 5.31. The van der Waals surface area contributed by atoms with Gasteiger partial charge >= 0.3 is 0 Å². The lowest BCUT2D eigenvalue weighted by Gasteiger charge is -2.40. The number of ether oxygens (including phenoxy) is 1. The minimum Gasteiger partial charge on any atom is -0.497 e. The summed E-state index contributed by atoms with van der Waals surface area (Å²) in [6, 6.07) is 8.40. The van der Waals surface area contributed by atoms with Crippen LogP contribution in [-0.4, -0.2) is 25.6 Å². The minimum absolute atomic E-state index is 0.0983. The number of rotatable bonds is 2. The predicted molar refractivity (Wildman–Crippen MR) is 71.3 cm³/mol. The van der Waals surface area contributed by atoms with Gasteiger partial charge in [-0.3, -0.25) is 0 Å². The molecule has 0 amide bonds. The zero-order chi connectivity index (χ0) is 12.5. The van der Waals surface area contributed by atoms with Crippen LogP contribution < -0.4 is 4.74 Å². The molecule has 1 aromatic carbocycles. The summed E-state index contributed by atoms with van der Waals surface area (Å²) in [7, 11) is 3.84. The molecule has 1 aromatic rings. The van der Waals surface area contributed by atoms with Crippen molar-refractivity contribution in [2.45, 2.75) is 19.3 Å². The van der Waals surface area contributed by atoms with Gasteiger partial charge in [0.25, 0.3) is 0 Å². The molecule has 2 heteroatoms. The van der Waals surface area contributed by atoms with Gasteiger partial charge in [-0.25, -0.2) is 0 Å². The van der Waals surface area contributed by atoms with E-state index < -0.39 is 0 Å². The molecule has 2 unspecified atom stereocenters. The van der Waals surface area contributed by atoms with Crippen molar-refractivity contribution in [3.63, 3.8) is 0 Å². The first kappa shape index (κ1) is 12.0. The third kappa shape index (κ3) is 2.17. The van der Waals surface area contributed by atoms with Crippen molar-refractivity contribution in [2.75, 3.05) is 20.7 Å². The fraction of sp³-hybridized carbons (Fsp3) is 0.467. The molecule has 2 atom stereocenters. The van der Waals surface area contributed by atoms with E-state index >= 15 is 0 Å². The largest absolute Gasteiger partial charge is 0.497 e. The van der Waals surface area contributed by atoms with Crippen LogP contribution in [0.4, 0.5) is 0 Å². The number of allylic oxidation sites excluding steroid dienone is 1. The molecule has 0 radical (unpaired) electrons. The number of hydrogen-bond acceptors (Lipinski definition) is 2.